The van der Waals surface area contributed by atoms with Crippen LogP contribution in [-0.4, -0.2) is 72.3 Å². The zero-order valence-corrected chi connectivity index (χ0v) is 21.2. The number of carbonyl (C=O) groups excluding carboxylic acids is 4. The molecule has 4 N–H and O–H groups in total. The highest BCUT2D eigenvalue weighted by Crippen LogP contribution is 2.29. The lowest BCUT2D eigenvalue weighted by molar-refractivity contribution is -0.124. The third-order valence-electron chi connectivity index (χ3n) is 6.81. The first-order valence-electron chi connectivity index (χ1n) is 12.3. The maximum absolute atomic E-state index is 13.0. The summed E-state index contributed by atoms with van der Waals surface area (Å²) in [5, 5.41) is 11.4. The number of hydrogen-bond donors (Lipinski definition) is 4. The second-order valence-corrected chi connectivity index (χ2v) is 10.8. The first kappa shape index (κ1) is 25.7. The molecule has 1 saturated heterocycles. The maximum Gasteiger partial charge on any atom is 0.407 e. The van der Waals surface area contributed by atoms with Crippen LogP contribution in [0.15, 0.2) is 18.2 Å². The van der Waals surface area contributed by atoms with Gasteiger partial charge < -0.3 is 30.3 Å². The molecule has 2 fully saturated rings. The number of alkyl carbamates (subject to hydrolysis) is 1. The van der Waals surface area contributed by atoms with Crippen molar-refractivity contribution in [3.63, 3.8) is 0 Å². The minimum atomic E-state index is -1.27. The fraction of sp³-hybridized carbons (Fsp3) is 0.600. The molecule has 0 radical (unpaired) electrons. The van der Waals surface area contributed by atoms with Crippen molar-refractivity contribution < 1.29 is 28.7 Å². The van der Waals surface area contributed by atoms with Crippen LogP contribution < -0.4 is 26.0 Å². The Hall–Kier alpha value is -3.34. The van der Waals surface area contributed by atoms with Gasteiger partial charge in [-0.15, -0.1) is 0 Å². The molecule has 2 heterocycles. The van der Waals surface area contributed by atoms with Gasteiger partial charge in [-0.1, -0.05) is 0 Å². The van der Waals surface area contributed by atoms with Gasteiger partial charge in [-0.2, -0.15) is 0 Å². The number of rotatable bonds is 7. The largest absolute Gasteiger partial charge is 0.497 e. The van der Waals surface area contributed by atoms with E-state index in [1.54, 1.807) is 24.1 Å². The summed E-state index contributed by atoms with van der Waals surface area (Å²) in [6.07, 6.45) is 2.70. The van der Waals surface area contributed by atoms with Crippen LogP contribution in [-0.2, 0) is 16.1 Å². The summed E-state index contributed by atoms with van der Waals surface area (Å²) in [7, 11) is 1.57. The van der Waals surface area contributed by atoms with Gasteiger partial charge in [-0.3, -0.25) is 14.9 Å². The molecule has 1 unspecified atom stereocenters. The van der Waals surface area contributed by atoms with E-state index in [1.807, 2.05) is 26.8 Å². The van der Waals surface area contributed by atoms with Crippen LogP contribution in [0, 0.1) is 0 Å². The highest BCUT2D eigenvalue weighted by atomic mass is 16.6. The Morgan fingerprint density at radius 1 is 1.14 bits per heavy atom. The summed E-state index contributed by atoms with van der Waals surface area (Å²) in [6, 6.07) is 4.83. The van der Waals surface area contributed by atoms with Crippen molar-refractivity contribution in [1.82, 2.24) is 26.2 Å². The summed E-state index contributed by atoms with van der Waals surface area (Å²) in [5.74, 6) is 0.0137. The molecule has 0 aromatic heterocycles. The number of imide groups is 1. The number of nitrogens with zero attached hydrogens (tertiary/aromatic N) is 1. The number of carbonyl (C=O) groups is 4. The lowest BCUT2D eigenvalue weighted by Gasteiger charge is -2.35. The van der Waals surface area contributed by atoms with E-state index < -0.39 is 29.2 Å². The van der Waals surface area contributed by atoms with Crippen LogP contribution in [0.2, 0.25) is 0 Å². The van der Waals surface area contributed by atoms with Gasteiger partial charge in [0.25, 0.3) is 11.8 Å². The molecule has 0 spiro atoms. The predicted molar refractivity (Wildman–Crippen MR) is 131 cm³/mol. The molecular weight excluding hydrogens is 466 g/mol. The maximum atomic E-state index is 13.0. The molecule has 196 valence electrons. The molecule has 1 atom stereocenters. The molecule has 1 aromatic carbocycles. The van der Waals surface area contributed by atoms with Crippen molar-refractivity contribution in [2.45, 2.75) is 76.2 Å². The van der Waals surface area contributed by atoms with E-state index >= 15 is 0 Å². The lowest BCUT2D eigenvalue weighted by Crippen LogP contribution is -2.62. The number of ether oxygens (including phenoxy) is 2. The average Bonchev–Trinajstić information content (AvgIpc) is 3.26. The standard InChI is InChI=1S/C25H35N5O6/c1-24(2,3)36-23(34)27-17-7-5-16(6-8-17)26-13-25(21(32)28-22(33)29-25)14-30-12-15-11-18(35-4)9-10-19(15)20(30)31/h9-11,16-17,26H,5-8,12-14H2,1-4H3,(H,27,34)(H2,28,29,32,33). The van der Waals surface area contributed by atoms with Gasteiger partial charge >= 0.3 is 12.1 Å². The average molecular weight is 502 g/mol. The Balaban J connectivity index is 1.35. The number of urea groups is 1. The summed E-state index contributed by atoms with van der Waals surface area (Å²) in [4.78, 5) is 51.6. The van der Waals surface area contributed by atoms with Crippen LogP contribution in [0.4, 0.5) is 9.59 Å². The first-order valence-corrected chi connectivity index (χ1v) is 12.3. The second kappa shape index (κ2) is 9.96. The zero-order chi connectivity index (χ0) is 26.1. The highest BCUT2D eigenvalue weighted by molar-refractivity contribution is 6.08. The number of methoxy groups -OCH3 is 1. The molecule has 1 aromatic rings. The Morgan fingerprint density at radius 2 is 1.83 bits per heavy atom. The van der Waals surface area contributed by atoms with Gasteiger partial charge in [-0.25, -0.2) is 9.59 Å². The number of amides is 5. The van der Waals surface area contributed by atoms with Crippen molar-refractivity contribution in [2.75, 3.05) is 20.2 Å². The van der Waals surface area contributed by atoms with Crippen molar-refractivity contribution in [2.24, 2.45) is 0 Å². The fourth-order valence-electron chi connectivity index (χ4n) is 4.99. The van der Waals surface area contributed by atoms with Crippen LogP contribution in [0.5, 0.6) is 5.75 Å². The van der Waals surface area contributed by atoms with Crippen LogP contribution in [0.1, 0.15) is 62.4 Å². The molecule has 36 heavy (non-hydrogen) atoms. The minimum absolute atomic E-state index is 0.0269. The highest BCUT2D eigenvalue weighted by Gasteiger charge is 2.49. The van der Waals surface area contributed by atoms with Gasteiger partial charge in [-0.05, 0) is 70.2 Å². The van der Waals surface area contributed by atoms with E-state index in [0.29, 0.717) is 17.9 Å². The topological polar surface area (TPSA) is 138 Å². The Bertz CT molecular complexity index is 1050. The number of fused-ring (bicyclic) bond motifs is 1. The predicted octanol–water partition coefficient (Wildman–Crippen LogP) is 1.65. The van der Waals surface area contributed by atoms with E-state index in [9.17, 15) is 19.2 Å². The molecular formula is C25H35N5O6. The van der Waals surface area contributed by atoms with Gasteiger partial charge in [0.2, 0.25) is 0 Å². The molecule has 1 saturated carbocycles. The van der Waals surface area contributed by atoms with Crippen molar-refractivity contribution in [3.8, 4) is 5.75 Å². The number of nitrogens with one attached hydrogen (secondary N) is 4. The van der Waals surface area contributed by atoms with E-state index in [0.717, 1.165) is 31.2 Å². The lowest BCUT2D eigenvalue weighted by atomic mass is 9.90. The van der Waals surface area contributed by atoms with E-state index in [2.05, 4.69) is 21.3 Å². The molecule has 1 aliphatic carbocycles. The Labute approximate surface area is 210 Å². The Morgan fingerprint density at radius 3 is 2.44 bits per heavy atom. The summed E-state index contributed by atoms with van der Waals surface area (Å²) < 4.78 is 10.6. The van der Waals surface area contributed by atoms with Gasteiger partial charge in [0.05, 0.1) is 13.7 Å². The molecule has 5 amide bonds. The van der Waals surface area contributed by atoms with Crippen LogP contribution in [0.25, 0.3) is 0 Å². The summed E-state index contributed by atoms with van der Waals surface area (Å²) in [5.41, 5.74) is -0.430. The first-order chi connectivity index (χ1) is 17.0. The molecule has 3 aliphatic rings. The van der Waals surface area contributed by atoms with Crippen molar-refractivity contribution in [1.29, 1.82) is 0 Å². The smallest absolute Gasteiger partial charge is 0.407 e. The summed E-state index contributed by atoms with van der Waals surface area (Å²) >= 11 is 0. The van der Waals surface area contributed by atoms with E-state index in [4.69, 9.17) is 9.47 Å². The van der Waals surface area contributed by atoms with Crippen LogP contribution in [0.3, 0.4) is 0 Å². The van der Waals surface area contributed by atoms with Crippen molar-refractivity contribution in [3.05, 3.63) is 29.3 Å². The third-order valence-corrected chi connectivity index (χ3v) is 6.81. The molecule has 4 rings (SSSR count). The van der Waals surface area contributed by atoms with Gasteiger partial charge in [0.15, 0.2) is 5.54 Å². The summed E-state index contributed by atoms with van der Waals surface area (Å²) in [6.45, 7) is 6.04. The van der Waals surface area contributed by atoms with E-state index in [-0.39, 0.29) is 31.1 Å². The van der Waals surface area contributed by atoms with E-state index in [1.165, 1.54) is 0 Å². The van der Waals surface area contributed by atoms with Crippen LogP contribution >= 0.6 is 0 Å². The Kier molecular flexibility index (Phi) is 7.12. The zero-order valence-electron chi connectivity index (χ0n) is 21.2. The molecule has 0 bridgehead atoms. The molecule has 2 aliphatic heterocycles. The molecule has 11 nitrogen and oxygen atoms in total. The van der Waals surface area contributed by atoms with Gasteiger partial charge in [0, 0.05) is 30.7 Å². The normalized spacial score (nSPS) is 25.8. The number of hydrogen-bond acceptors (Lipinski definition) is 7. The molecule has 11 heteroatoms. The number of benzene rings is 1. The van der Waals surface area contributed by atoms with Crippen molar-refractivity contribution >= 4 is 23.9 Å². The second-order valence-electron chi connectivity index (χ2n) is 10.8. The quantitative estimate of drug-likeness (QED) is 0.417. The SMILES string of the molecule is COc1ccc2c(c1)CN(CC1(CNC3CCC(NC(=O)OC(C)(C)C)CC3)NC(=O)NC1=O)C2=O. The minimum Gasteiger partial charge on any atom is -0.497 e. The van der Waals surface area contributed by atoms with Gasteiger partial charge in [0.1, 0.15) is 11.4 Å². The monoisotopic (exact) mass is 501 g/mol. The third kappa shape index (κ3) is 5.72. The fourth-order valence-corrected chi connectivity index (χ4v) is 4.99.